The van der Waals surface area contributed by atoms with Crippen LogP contribution in [0.1, 0.15) is 200 Å². The molecule has 0 saturated carbocycles. The first kappa shape index (κ1) is 44.6. The van der Waals surface area contributed by atoms with Gasteiger partial charge >= 0.3 is 9.28 Å². The van der Waals surface area contributed by atoms with Gasteiger partial charge in [0, 0.05) is 13.2 Å². The van der Waals surface area contributed by atoms with E-state index in [4.69, 9.17) is 8.85 Å². The van der Waals surface area contributed by atoms with Gasteiger partial charge in [-0.25, -0.2) is 0 Å². The fraction of sp³-hybridized carbons (Fsp3) is 0.902. The van der Waals surface area contributed by atoms with Crippen LogP contribution in [0.4, 0.5) is 0 Å². The number of nitrogens with zero attached hydrogens (tertiary/aromatic N) is 1. The van der Waals surface area contributed by atoms with Crippen LogP contribution in [-0.2, 0) is 8.85 Å². The van der Waals surface area contributed by atoms with Crippen LogP contribution < -0.4 is 0 Å². The fourth-order valence-corrected chi connectivity index (χ4v) is 7.72. The van der Waals surface area contributed by atoms with Gasteiger partial charge in [-0.1, -0.05) is 154 Å². The Morgan fingerprint density at radius 2 is 0.711 bits per heavy atom. The molecule has 0 fully saturated rings. The maximum Gasteiger partial charge on any atom is 0.321 e. The van der Waals surface area contributed by atoms with Crippen molar-refractivity contribution in [3.05, 3.63) is 24.3 Å². The third kappa shape index (κ3) is 39.7. The van der Waals surface area contributed by atoms with E-state index >= 15 is 0 Å². The Hall–Kier alpha value is -0.423. The van der Waals surface area contributed by atoms with Crippen LogP contribution >= 0.6 is 0 Å². The van der Waals surface area contributed by atoms with Gasteiger partial charge < -0.3 is 13.8 Å². The Morgan fingerprint density at radius 3 is 1.04 bits per heavy atom. The predicted molar refractivity (Wildman–Crippen MR) is 206 cm³/mol. The maximum absolute atomic E-state index is 6.35. The molecule has 0 rings (SSSR count). The summed E-state index contributed by atoms with van der Waals surface area (Å²) in [7, 11) is 2.81. The molecule has 0 aliphatic rings. The molecule has 0 heterocycles. The monoisotopic (exact) mass is 650 g/mol. The lowest BCUT2D eigenvalue weighted by Gasteiger charge is -2.18. The number of hydrogen-bond acceptors (Lipinski definition) is 3. The molecule has 0 N–H and O–H groups in total. The predicted octanol–water partition coefficient (Wildman–Crippen LogP) is 13.3. The summed E-state index contributed by atoms with van der Waals surface area (Å²) in [5.41, 5.74) is 0. The van der Waals surface area contributed by atoms with Crippen LogP contribution in [-0.4, -0.2) is 48.0 Å². The van der Waals surface area contributed by atoms with Crippen LogP contribution in [0.5, 0.6) is 0 Å². The molecule has 3 nitrogen and oxygen atoms in total. The van der Waals surface area contributed by atoms with Gasteiger partial charge in [-0.15, -0.1) is 0 Å². The molecule has 0 aliphatic carbocycles. The molecule has 0 radical (unpaired) electrons. The van der Waals surface area contributed by atoms with Gasteiger partial charge in [-0.3, -0.25) is 0 Å². The second-order valence-electron chi connectivity index (χ2n) is 14.0. The molecule has 0 aromatic carbocycles. The zero-order valence-corrected chi connectivity index (χ0v) is 32.6. The van der Waals surface area contributed by atoms with E-state index in [1.807, 2.05) is 0 Å². The van der Waals surface area contributed by atoms with Crippen molar-refractivity contribution in [2.75, 3.05) is 33.9 Å². The summed E-state index contributed by atoms with van der Waals surface area (Å²) < 4.78 is 12.7. The molecule has 268 valence electrons. The molecule has 0 aromatic heterocycles. The zero-order valence-electron chi connectivity index (χ0n) is 31.5. The van der Waals surface area contributed by atoms with Gasteiger partial charge in [0.25, 0.3) is 0 Å². The molecule has 0 aromatic rings. The van der Waals surface area contributed by atoms with Crippen molar-refractivity contribution < 1.29 is 8.85 Å². The number of unbranched alkanes of at least 4 members (excludes halogenated alkanes) is 24. The highest BCUT2D eigenvalue weighted by Gasteiger charge is 2.13. The SMILES string of the molecule is CCCCCCCC/C=C\CCCCCCCCO[SiH](CCCN(C)C)OCCCCCCCC/C=C\CCCCCCCC. The van der Waals surface area contributed by atoms with Gasteiger partial charge in [0.15, 0.2) is 0 Å². The lowest BCUT2D eigenvalue weighted by molar-refractivity contribution is 0.187. The minimum atomic E-state index is -1.52. The quantitative estimate of drug-likeness (QED) is 0.0377. The number of hydrogen-bond donors (Lipinski definition) is 0. The molecule has 0 aliphatic heterocycles. The highest BCUT2D eigenvalue weighted by Crippen LogP contribution is 2.13. The molecule has 0 atom stereocenters. The van der Waals surface area contributed by atoms with E-state index in [2.05, 4.69) is 57.1 Å². The molecule has 0 saturated heterocycles. The highest BCUT2D eigenvalue weighted by atomic mass is 28.3. The van der Waals surface area contributed by atoms with E-state index in [0.717, 1.165) is 25.8 Å². The Balaban J connectivity index is 3.68. The number of allylic oxidation sites excluding steroid dienone is 4. The van der Waals surface area contributed by atoms with E-state index in [1.165, 1.54) is 186 Å². The van der Waals surface area contributed by atoms with E-state index in [0.29, 0.717) is 0 Å². The molecule has 45 heavy (non-hydrogen) atoms. The highest BCUT2D eigenvalue weighted by molar-refractivity contribution is 6.44. The van der Waals surface area contributed by atoms with E-state index in [1.54, 1.807) is 0 Å². The van der Waals surface area contributed by atoms with Crippen molar-refractivity contribution in [2.24, 2.45) is 0 Å². The first-order valence-corrected chi connectivity index (χ1v) is 22.1. The summed E-state index contributed by atoms with van der Waals surface area (Å²) in [6.45, 7) is 7.54. The van der Waals surface area contributed by atoms with E-state index < -0.39 is 9.28 Å². The molecule has 0 bridgehead atoms. The Bertz CT molecular complexity index is 550. The first-order valence-electron chi connectivity index (χ1n) is 20.4. The van der Waals surface area contributed by atoms with Crippen LogP contribution in [0.3, 0.4) is 0 Å². The molecule has 4 heteroatoms. The maximum atomic E-state index is 6.35. The Morgan fingerprint density at radius 1 is 0.400 bits per heavy atom. The lowest BCUT2D eigenvalue weighted by Crippen LogP contribution is -2.26. The van der Waals surface area contributed by atoms with Crippen molar-refractivity contribution in [3.8, 4) is 0 Å². The minimum absolute atomic E-state index is 0.910. The molecular formula is C41H83NO2Si. The zero-order chi connectivity index (χ0) is 32.7. The summed E-state index contributed by atoms with van der Waals surface area (Å²) in [5, 5.41) is 0. The molecule has 0 amide bonds. The van der Waals surface area contributed by atoms with Crippen molar-refractivity contribution >= 4 is 9.28 Å². The minimum Gasteiger partial charge on any atom is -0.397 e. The summed E-state index contributed by atoms with van der Waals surface area (Å²) in [4.78, 5) is 2.28. The summed E-state index contributed by atoms with van der Waals surface area (Å²) in [6.07, 6.45) is 48.8. The van der Waals surface area contributed by atoms with E-state index in [-0.39, 0.29) is 0 Å². The van der Waals surface area contributed by atoms with Crippen molar-refractivity contribution in [3.63, 3.8) is 0 Å². The fourth-order valence-electron chi connectivity index (χ4n) is 5.92. The second kappa shape index (κ2) is 39.8. The average molecular weight is 650 g/mol. The van der Waals surface area contributed by atoms with Gasteiger partial charge in [0.05, 0.1) is 0 Å². The summed E-state index contributed by atoms with van der Waals surface area (Å²) in [5.74, 6) is 0. The van der Waals surface area contributed by atoms with Gasteiger partial charge in [-0.05, 0) is 97.3 Å². The summed E-state index contributed by atoms with van der Waals surface area (Å²) >= 11 is 0. The van der Waals surface area contributed by atoms with Crippen molar-refractivity contribution in [1.82, 2.24) is 4.90 Å². The molecule has 0 unspecified atom stereocenters. The average Bonchev–Trinajstić information content (AvgIpc) is 3.03. The van der Waals surface area contributed by atoms with E-state index in [9.17, 15) is 0 Å². The van der Waals surface area contributed by atoms with Gasteiger partial charge in [-0.2, -0.15) is 0 Å². The van der Waals surface area contributed by atoms with Crippen molar-refractivity contribution in [1.29, 1.82) is 0 Å². The van der Waals surface area contributed by atoms with Crippen LogP contribution in [0, 0.1) is 0 Å². The second-order valence-corrected chi connectivity index (χ2v) is 16.1. The smallest absolute Gasteiger partial charge is 0.321 e. The standard InChI is InChI=1S/C41H83NO2Si/c1-5-7-9-11-13-15-17-19-21-23-25-27-29-31-33-35-39-43-45(41-37-38-42(3)4)44-40-36-34-32-30-28-26-24-22-20-18-16-14-12-10-8-6-2/h19-22,45H,5-18,23-41H2,1-4H3/b21-19-,22-20-. The Labute approximate surface area is 286 Å². The largest absolute Gasteiger partial charge is 0.397 e. The van der Waals surface area contributed by atoms with Crippen LogP contribution in [0.2, 0.25) is 6.04 Å². The van der Waals surface area contributed by atoms with Crippen LogP contribution in [0.25, 0.3) is 0 Å². The van der Waals surface area contributed by atoms with Crippen LogP contribution in [0.15, 0.2) is 24.3 Å². The number of rotatable bonds is 38. The van der Waals surface area contributed by atoms with Gasteiger partial charge in [0.2, 0.25) is 0 Å². The lowest BCUT2D eigenvalue weighted by atomic mass is 10.1. The third-order valence-electron chi connectivity index (χ3n) is 8.96. The normalized spacial score (nSPS) is 12.2. The first-order chi connectivity index (χ1) is 22.2. The molecule has 0 spiro atoms. The summed E-state index contributed by atoms with van der Waals surface area (Å²) in [6, 6.07) is 1.15. The van der Waals surface area contributed by atoms with Gasteiger partial charge in [0.1, 0.15) is 0 Å². The topological polar surface area (TPSA) is 21.7 Å². The third-order valence-corrected chi connectivity index (χ3v) is 11.1. The van der Waals surface area contributed by atoms with Crippen molar-refractivity contribution in [2.45, 2.75) is 206 Å². The molecular weight excluding hydrogens is 567 g/mol. The Kier molecular flexibility index (Phi) is 39.4.